The predicted octanol–water partition coefficient (Wildman–Crippen LogP) is 1.33. The molecular formula is C15H21NO3S. The summed E-state index contributed by atoms with van der Waals surface area (Å²) in [4.78, 5) is 3.64. The maximum atomic E-state index is 8.71. The van der Waals surface area contributed by atoms with E-state index >= 15 is 0 Å². The van der Waals surface area contributed by atoms with Crippen LogP contribution in [0.5, 0.6) is 0 Å². The Labute approximate surface area is 124 Å². The van der Waals surface area contributed by atoms with Gasteiger partial charge in [0.1, 0.15) is 0 Å². The van der Waals surface area contributed by atoms with E-state index < -0.39 is 0 Å². The minimum absolute atomic E-state index is 0.120. The summed E-state index contributed by atoms with van der Waals surface area (Å²) in [5.41, 5.74) is 1.03. The number of thiophene rings is 1. The standard InChI is InChI=1S/C15H21NO3S/c1-18-14-9-16(10-15(14)19-2)8-13-7-12(11-20-13)5-3-4-6-17/h7,11,14-15,17H,4,6,8-10H2,1-2H3. The van der Waals surface area contributed by atoms with Gasteiger partial charge in [-0.15, -0.1) is 11.3 Å². The van der Waals surface area contributed by atoms with Crippen LogP contribution in [-0.4, -0.2) is 56.1 Å². The lowest BCUT2D eigenvalue weighted by Gasteiger charge is -2.13. The molecule has 0 aromatic carbocycles. The Hall–Kier alpha value is -0.900. The quantitative estimate of drug-likeness (QED) is 0.832. The summed E-state index contributed by atoms with van der Waals surface area (Å²) < 4.78 is 10.9. The first-order chi connectivity index (χ1) is 9.76. The largest absolute Gasteiger partial charge is 0.395 e. The number of aliphatic hydroxyl groups is 1. The van der Waals surface area contributed by atoms with E-state index in [1.807, 2.05) is 0 Å². The third-order valence-corrected chi connectivity index (χ3v) is 4.32. The molecule has 1 aromatic heterocycles. The molecule has 1 N–H and O–H groups in total. The van der Waals surface area contributed by atoms with Gasteiger partial charge >= 0.3 is 0 Å². The van der Waals surface area contributed by atoms with Crippen molar-refractivity contribution in [2.75, 3.05) is 33.9 Å². The topological polar surface area (TPSA) is 41.9 Å². The molecule has 1 aliphatic heterocycles. The molecule has 1 fully saturated rings. The molecule has 0 aliphatic carbocycles. The summed E-state index contributed by atoms with van der Waals surface area (Å²) in [5, 5.41) is 10.8. The lowest BCUT2D eigenvalue weighted by Crippen LogP contribution is -2.27. The van der Waals surface area contributed by atoms with Gasteiger partial charge in [0.25, 0.3) is 0 Å². The van der Waals surface area contributed by atoms with Crippen LogP contribution in [0.15, 0.2) is 11.4 Å². The van der Waals surface area contributed by atoms with Crippen LogP contribution in [0, 0.1) is 11.8 Å². The van der Waals surface area contributed by atoms with Gasteiger partial charge in [0, 0.05) is 56.1 Å². The molecule has 1 aliphatic rings. The monoisotopic (exact) mass is 295 g/mol. The van der Waals surface area contributed by atoms with Crippen LogP contribution >= 0.6 is 11.3 Å². The molecule has 1 aromatic rings. The molecule has 2 rings (SSSR count). The molecule has 4 nitrogen and oxygen atoms in total. The van der Waals surface area contributed by atoms with Crippen LogP contribution in [-0.2, 0) is 16.0 Å². The highest BCUT2D eigenvalue weighted by atomic mass is 32.1. The van der Waals surface area contributed by atoms with Gasteiger partial charge in [-0.2, -0.15) is 0 Å². The second-order valence-corrected chi connectivity index (χ2v) is 5.82. The van der Waals surface area contributed by atoms with Gasteiger partial charge < -0.3 is 14.6 Å². The van der Waals surface area contributed by atoms with E-state index in [2.05, 4.69) is 28.2 Å². The van der Waals surface area contributed by atoms with Crippen LogP contribution in [0.1, 0.15) is 16.9 Å². The summed E-state index contributed by atoms with van der Waals surface area (Å²) in [5.74, 6) is 6.01. The SMILES string of the molecule is COC1CN(Cc2cc(C#CCCO)cs2)CC1OC. The number of aliphatic hydroxyl groups excluding tert-OH is 1. The van der Waals surface area contributed by atoms with Crippen molar-refractivity contribution in [1.29, 1.82) is 0 Å². The number of rotatable bonds is 5. The number of likely N-dealkylation sites (tertiary alicyclic amines) is 1. The summed E-state index contributed by atoms with van der Waals surface area (Å²) in [7, 11) is 3.47. The minimum atomic E-state index is 0.120. The Balaban J connectivity index is 1.90. The van der Waals surface area contributed by atoms with Gasteiger partial charge in [0.05, 0.1) is 18.8 Å². The zero-order valence-electron chi connectivity index (χ0n) is 12.0. The third kappa shape index (κ3) is 4.05. The van der Waals surface area contributed by atoms with Crippen LogP contribution in [0.4, 0.5) is 0 Å². The Morgan fingerprint density at radius 3 is 2.65 bits per heavy atom. The van der Waals surface area contributed by atoms with Gasteiger partial charge in [-0.25, -0.2) is 0 Å². The Kier molecular flexibility index (Phi) is 6.02. The molecule has 0 saturated carbocycles. The van der Waals surface area contributed by atoms with Crippen molar-refractivity contribution in [3.05, 3.63) is 21.9 Å². The van der Waals surface area contributed by atoms with Gasteiger partial charge in [0.2, 0.25) is 0 Å². The molecular weight excluding hydrogens is 274 g/mol. The zero-order valence-corrected chi connectivity index (χ0v) is 12.8. The van der Waals surface area contributed by atoms with Crippen LogP contribution < -0.4 is 0 Å². The fourth-order valence-electron chi connectivity index (χ4n) is 2.37. The highest BCUT2D eigenvalue weighted by Crippen LogP contribution is 2.21. The van der Waals surface area contributed by atoms with E-state index in [1.54, 1.807) is 25.6 Å². The zero-order chi connectivity index (χ0) is 14.4. The highest BCUT2D eigenvalue weighted by molar-refractivity contribution is 7.10. The van der Waals surface area contributed by atoms with Crippen LogP contribution in [0.3, 0.4) is 0 Å². The van der Waals surface area contributed by atoms with Crippen molar-refractivity contribution in [3.63, 3.8) is 0 Å². The first kappa shape index (κ1) is 15.5. The van der Waals surface area contributed by atoms with E-state index in [-0.39, 0.29) is 18.8 Å². The fraction of sp³-hybridized carbons (Fsp3) is 0.600. The van der Waals surface area contributed by atoms with E-state index in [0.29, 0.717) is 6.42 Å². The second-order valence-electron chi connectivity index (χ2n) is 4.82. The smallest absolute Gasteiger partial charge is 0.0971 e. The predicted molar refractivity (Wildman–Crippen MR) is 79.8 cm³/mol. The normalized spacial score (nSPS) is 22.8. The molecule has 2 unspecified atom stereocenters. The maximum absolute atomic E-state index is 8.71. The first-order valence-electron chi connectivity index (χ1n) is 6.72. The molecule has 0 amide bonds. The number of methoxy groups -OCH3 is 2. The third-order valence-electron chi connectivity index (χ3n) is 3.40. The molecule has 1 saturated heterocycles. The lowest BCUT2D eigenvalue weighted by molar-refractivity contribution is -0.00461. The van der Waals surface area contributed by atoms with Gasteiger partial charge in [-0.3, -0.25) is 4.90 Å². The molecule has 0 bridgehead atoms. The van der Waals surface area contributed by atoms with Crippen molar-refractivity contribution in [2.24, 2.45) is 0 Å². The van der Waals surface area contributed by atoms with Gasteiger partial charge in [-0.05, 0) is 6.07 Å². The van der Waals surface area contributed by atoms with E-state index in [1.165, 1.54) is 4.88 Å². The highest BCUT2D eigenvalue weighted by Gasteiger charge is 2.32. The Morgan fingerprint density at radius 2 is 2.05 bits per heavy atom. The molecule has 0 spiro atoms. The second kappa shape index (κ2) is 7.77. The Morgan fingerprint density at radius 1 is 1.35 bits per heavy atom. The average molecular weight is 295 g/mol. The molecule has 110 valence electrons. The van der Waals surface area contributed by atoms with Crippen molar-refractivity contribution in [3.8, 4) is 11.8 Å². The van der Waals surface area contributed by atoms with E-state index in [4.69, 9.17) is 14.6 Å². The molecule has 2 heterocycles. The number of nitrogens with zero attached hydrogens (tertiary/aromatic N) is 1. The number of hydrogen-bond donors (Lipinski definition) is 1. The number of hydrogen-bond acceptors (Lipinski definition) is 5. The van der Waals surface area contributed by atoms with E-state index in [9.17, 15) is 0 Å². The fourth-order valence-corrected chi connectivity index (χ4v) is 3.23. The van der Waals surface area contributed by atoms with Crippen LogP contribution in [0.25, 0.3) is 0 Å². The molecule has 0 radical (unpaired) electrons. The Bertz CT molecular complexity index is 465. The summed E-state index contributed by atoms with van der Waals surface area (Å²) in [6, 6.07) is 2.12. The van der Waals surface area contributed by atoms with Gasteiger partial charge in [-0.1, -0.05) is 11.8 Å². The van der Waals surface area contributed by atoms with Crippen molar-refractivity contribution >= 4 is 11.3 Å². The maximum Gasteiger partial charge on any atom is 0.0971 e. The summed E-state index contributed by atoms with van der Waals surface area (Å²) >= 11 is 1.72. The summed E-state index contributed by atoms with van der Waals surface area (Å²) in [6.07, 6.45) is 0.843. The minimum Gasteiger partial charge on any atom is -0.395 e. The van der Waals surface area contributed by atoms with Crippen molar-refractivity contribution < 1.29 is 14.6 Å². The van der Waals surface area contributed by atoms with Crippen molar-refractivity contribution in [1.82, 2.24) is 4.90 Å². The summed E-state index contributed by atoms with van der Waals surface area (Å²) in [6.45, 7) is 2.83. The number of ether oxygens (including phenoxy) is 2. The van der Waals surface area contributed by atoms with Crippen LogP contribution in [0.2, 0.25) is 0 Å². The molecule has 20 heavy (non-hydrogen) atoms. The average Bonchev–Trinajstić information content (AvgIpc) is 3.06. The van der Waals surface area contributed by atoms with E-state index in [0.717, 1.165) is 25.2 Å². The lowest BCUT2D eigenvalue weighted by atomic mass is 10.3. The van der Waals surface area contributed by atoms with Gasteiger partial charge in [0.15, 0.2) is 0 Å². The molecule has 5 heteroatoms. The molecule has 2 atom stereocenters. The van der Waals surface area contributed by atoms with Crippen molar-refractivity contribution in [2.45, 2.75) is 25.2 Å². The first-order valence-corrected chi connectivity index (χ1v) is 7.60.